The van der Waals surface area contributed by atoms with Gasteiger partial charge in [0.1, 0.15) is 0 Å². The second-order valence-corrected chi connectivity index (χ2v) is 6.19. The van der Waals surface area contributed by atoms with Gasteiger partial charge in [0.05, 0.1) is 0 Å². The Hall–Kier alpha value is -1.12. The standard InChI is InChI=1S/C18H22BrN/c1-15(14-17-6-3-2-4-7-17)20-13-5-8-16-9-11-18(19)12-10-16/h2-4,6-7,9-12,15,20H,5,8,13-14H2,1H3. The van der Waals surface area contributed by atoms with Crippen molar-refractivity contribution in [2.45, 2.75) is 32.2 Å². The van der Waals surface area contributed by atoms with Crippen LogP contribution in [0.3, 0.4) is 0 Å². The topological polar surface area (TPSA) is 12.0 Å². The van der Waals surface area contributed by atoms with Crippen LogP contribution in [0.15, 0.2) is 59.1 Å². The van der Waals surface area contributed by atoms with Crippen molar-refractivity contribution in [2.75, 3.05) is 6.54 Å². The van der Waals surface area contributed by atoms with Crippen LogP contribution in [-0.4, -0.2) is 12.6 Å². The Morgan fingerprint density at radius 2 is 1.65 bits per heavy atom. The highest BCUT2D eigenvalue weighted by Gasteiger charge is 2.02. The van der Waals surface area contributed by atoms with Gasteiger partial charge in [0.25, 0.3) is 0 Å². The lowest BCUT2D eigenvalue weighted by Crippen LogP contribution is -2.29. The monoisotopic (exact) mass is 331 g/mol. The summed E-state index contributed by atoms with van der Waals surface area (Å²) >= 11 is 3.47. The van der Waals surface area contributed by atoms with Gasteiger partial charge in [0.15, 0.2) is 0 Å². The Bertz CT molecular complexity index is 493. The smallest absolute Gasteiger partial charge is 0.0175 e. The molecule has 0 aliphatic rings. The Morgan fingerprint density at radius 3 is 2.35 bits per heavy atom. The Balaban J connectivity index is 1.64. The quantitative estimate of drug-likeness (QED) is 0.731. The van der Waals surface area contributed by atoms with Gasteiger partial charge in [-0.2, -0.15) is 0 Å². The van der Waals surface area contributed by atoms with Crippen LogP contribution in [0.25, 0.3) is 0 Å². The summed E-state index contributed by atoms with van der Waals surface area (Å²) in [6.07, 6.45) is 3.41. The molecule has 0 saturated heterocycles. The first-order chi connectivity index (χ1) is 9.74. The van der Waals surface area contributed by atoms with Crippen LogP contribution < -0.4 is 5.32 Å². The summed E-state index contributed by atoms with van der Waals surface area (Å²) in [5.74, 6) is 0. The van der Waals surface area contributed by atoms with Crippen molar-refractivity contribution in [1.82, 2.24) is 5.32 Å². The predicted molar refractivity (Wildman–Crippen MR) is 90.1 cm³/mol. The highest BCUT2D eigenvalue weighted by molar-refractivity contribution is 9.10. The lowest BCUT2D eigenvalue weighted by atomic mass is 10.1. The fourth-order valence-electron chi connectivity index (χ4n) is 2.33. The molecule has 2 rings (SSSR count). The van der Waals surface area contributed by atoms with Crippen LogP contribution in [0, 0.1) is 0 Å². The van der Waals surface area contributed by atoms with Crippen molar-refractivity contribution in [3.63, 3.8) is 0 Å². The van der Waals surface area contributed by atoms with Crippen LogP contribution in [0.1, 0.15) is 24.5 Å². The second-order valence-electron chi connectivity index (χ2n) is 5.27. The molecule has 0 aromatic heterocycles. The van der Waals surface area contributed by atoms with Gasteiger partial charge in [-0.25, -0.2) is 0 Å². The van der Waals surface area contributed by atoms with E-state index in [-0.39, 0.29) is 0 Å². The molecule has 2 aromatic carbocycles. The van der Waals surface area contributed by atoms with E-state index in [0.29, 0.717) is 6.04 Å². The molecule has 0 fully saturated rings. The molecule has 106 valence electrons. The number of hydrogen-bond donors (Lipinski definition) is 1. The van der Waals surface area contributed by atoms with Crippen LogP contribution in [0.5, 0.6) is 0 Å². The molecule has 0 bridgehead atoms. The van der Waals surface area contributed by atoms with Crippen molar-refractivity contribution >= 4 is 15.9 Å². The van der Waals surface area contributed by atoms with E-state index >= 15 is 0 Å². The summed E-state index contributed by atoms with van der Waals surface area (Å²) < 4.78 is 1.15. The zero-order valence-corrected chi connectivity index (χ0v) is 13.6. The second kappa shape index (κ2) is 8.23. The number of nitrogens with one attached hydrogen (secondary N) is 1. The third-order valence-electron chi connectivity index (χ3n) is 3.43. The van der Waals surface area contributed by atoms with Crippen LogP contribution in [0.2, 0.25) is 0 Å². The third kappa shape index (κ3) is 5.48. The number of halogens is 1. The van der Waals surface area contributed by atoms with Gasteiger partial charge in [-0.1, -0.05) is 58.4 Å². The van der Waals surface area contributed by atoms with Gasteiger partial charge in [-0.15, -0.1) is 0 Å². The molecule has 0 heterocycles. The average molecular weight is 332 g/mol. The summed E-state index contributed by atoms with van der Waals surface area (Å²) in [5.41, 5.74) is 2.81. The Kier molecular flexibility index (Phi) is 6.28. The van der Waals surface area contributed by atoms with Gasteiger partial charge in [-0.05, 0) is 56.0 Å². The summed E-state index contributed by atoms with van der Waals surface area (Å²) in [7, 11) is 0. The molecule has 0 aliphatic heterocycles. The van der Waals surface area contributed by atoms with E-state index in [1.165, 1.54) is 17.5 Å². The maximum Gasteiger partial charge on any atom is 0.0175 e. The molecule has 0 amide bonds. The molecular weight excluding hydrogens is 310 g/mol. The number of rotatable bonds is 7. The van der Waals surface area contributed by atoms with Crippen molar-refractivity contribution < 1.29 is 0 Å². The lowest BCUT2D eigenvalue weighted by molar-refractivity contribution is 0.534. The fraction of sp³-hybridized carbons (Fsp3) is 0.333. The largest absolute Gasteiger partial charge is 0.314 e. The maximum absolute atomic E-state index is 3.60. The zero-order chi connectivity index (χ0) is 14.2. The summed E-state index contributed by atoms with van der Waals surface area (Å²) in [5, 5.41) is 3.60. The first-order valence-electron chi connectivity index (χ1n) is 7.26. The molecule has 0 radical (unpaired) electrons. The van der Waals surface area contributed by atoms with Crippen molar-refractivity contribution in [3.05, 3.63) is 70.2 Å². The van der Waals surface area contributed by atoms with E-state index < -0.39 is 0 Å². The SMILES string of the molecule is CC(Cc1ccccc1)NCCCc1ccc(Br)cc1. The number of benzene rings is 2. The molecule has 1 unspecified atom stereocenters. The molecule has 1 atom stereocenters. The highest BCUT2D eigenvalue weighted by atomic mass is 79.9. The highest BCUT2D eigenvalue weighted by Crippen LogP contribution is 2.11. The van der Waals surface area contributed by atoms with Gasteiger partial charge in [0.2, 0.25) is 0 Å². The molecule has 0 spiro atoms. The van der Waals surface area contributed by atoms with E-state index in [2.05, 4.69) is 82.8 Å². The van der Waals surface area contributed by atoms with E-state index in [0.717, 1.165) is 23.9 Å². The van der Waals surface area contributed by atoms with E-state index in [4.69, 9.17) is 0 Å². The molecule has 1 nitrogen and oxygen atoms in total. The minimum absolute atomic E-state index is 0.530. The van der Waals surface area contributed by atoms with Crippen molar-refractivity contribution in [2.24, 2.45) is 0 Å². The molecule has 2 heteroatoms. The van der Waals surface area contributed by atoms with Crippen molar-refractivity contribution in [3.8, 4) is 0 Å². The number of aryl methyl sites for hydroxylation is 1. The zero-order valence-electron chi connectivity index (χ0n) is 12.0. The molecular formula is C18H22BrN. The van der Waals surface area contributed by atoms with Gasteiger partial charge in [-0.3, -0.25) is 0 Å². The summed E-state index contributed by atoms with van der Waals surface area (Å²) in [6, 6.07) is 19.8. The molecule has 0 saturated carbocycles. The Labute approximate surface area is 130 Å². The van der Waals surface area contributed by atoms with Gasteiger partial charge in [0, 0.05) is 10.5 Å². The van der Waals surface area contributed by atoms with E-state index in [1.807, 2.05) is 0 Å². The first kappa shape index (κ1) is 15.3. The first-order valence-corrected chi connectivity index (χ1v) is 8.05. The van der Waals surface area contributed by atoms with E-state index in [9.17, 15) is 0 Å². The van der Waals surface area contributed by atoms with E-state index in [1.54, 1.807) is 0 Å². The van der Waals surface area contributed by atoms with Crippen LogP contribution in [-0.2, 0) is 12.8 Å². The third-order valence-corrected chi connectivity index (χ3v) is 3.96. The molecule has 2 aromatic rings. The average Bonchev–Trinajstić information content (AvgIpc) is 2.46. The Morgan fingerprint density at radius 1 is 0.950 bits per heavy atom. The van der Waals surface area contributed by atoms with Crippen molar-refractivity contribution in [1.29, 1.82) is 0 Å². The minimum Gasteiger partial charge on any atom is -0.314 e. The normalized spacial score (nSPS) is 12.3. The maximum atomic E-state index is 3.60. The minimum atomic E-state index is 0.530. The predicted octanol–water partition coefficient (Wildman–Crippen LogP) is 4.60. The lowest BCUT2D eigenvalue weighted by Gasteiger charge is -2.13. The van der Waals surface area contributed by atoms with Gasteiger partial charge >= 0.3 is 0 Å². The number of hydrogen-bond acceptors (Lipinski definition) is 1. The molecule has 0 aliphatic carbocycles. The molecule has 1 N–H and O–H groups in total. The summed E-state index contributed by atoms with van der Waals surface area (Å²) in [6.45, 7) is 3.33. The summed E-state index contributed by atoms with van der Waals surface area (Å²) in [4.78, 5) is 0. The van der Waals surface area contributed by atoms with Gasteiger partial charge < -0.3 is 5.32 Å². The van der Waals surface area contributed by atoms with Crippen LogP contribution >= 0.6 is 15.9 Å². The fourth-order valence-corrected chi connectivity index (χ4v) is 2.60. The van der Waals surface area contributed by atoms with Crippen LogP contribution in [0.4, 0.5) is 0 Å². The molecule has 20 heavy (non-hydrogen) atoms.